The molecule has 1 aromatic heterocycles. The lowest BCUT2D eigenvalue weighted by atomic mass is 10.0. The van der Waals surface area contributed by atoms with Gasteiger partial charge < -0.3 is 10.4 Å². The molecule has 0 saturated heterocycles. The van der Waals surface area contributed by atoms with E-state index >= 15 is 0 Å². The van der Waals surface area contributed by atoms with E-state index in [0.29, 0.717) is 12.3 Å². The van der Waals surface area contributed by atoms with Gasteiger partial charge in [-0.2, -0.15) is 0 Å². The maximum Gasteiger partial charge on any atom is 0.120 e. The highest BCUT2D eigenvalue weighted by Crippen LogP contribution is 2.26. The second-order valence-corrected chi connectivity index (χ2v) is 5.60. The standard InChI is InChI=1S/C20H20N2O/c1-15(18-8-5-11-21-13-18)22-14-19-12-17(9-10-20(19)23)16-6-3-2-4-7-16/h2-13,15,22-23H,14H2,1H3. The van der Waals surface area contributed by atoms with Gasteiger partial charge in [-0.05, 0) is 41.8 Å². The van der Waals surface area contributed by atoms with Crippen molar-refractivity contribution in [2.45, 2.75) is 19.5 Å². The quantitative estimate of drug-likeness (QED) is 0.738. The molecular weight excluding hydrogens is 284 g/mol. The predicted molar refractivity (Wildman–Crippen MR) is 93.0 cm³/mol. The maximum atomic E-state index is 10.1. The second-order valence-electron chi connectivity index (χ2n) is 5.60. The molecule has 0 bridgehead atoms. The average Bonchev–Trinajstić information content (AvgIpc) is 2.62. The maximum absolute atomic E-state index is 10.1. The van der Waals surface area contributed by atoms with Crippen molar-refractivity contribution in [3.63, 3.8) is 0 Å². The van der Waals surface area contributed by atoms with Crippen molar-refractivity contribution in [1.29, 1.82) is 0 Å². The van der Waals surface area contributed by atoms with Gasteiger partial charge in [0.25, 0.3) is 0 Å². The highest BCUT2D eigenvalue weighted by Gasteiger charge is 2.08. The fourth-order valence-electron chi connectivity index (χ4n) is 2.55. The molecule has 23 heavy (non-hydrogen) atoms. The molecule has 0 aliphatic heterocycles. The lowest BCUT2D eigenvalue weighted by molar-refractivity contribution is 0.460. The molecule has 3 nitrogen and oxygen atoms in total. The first kappa shape index (κ1) is 15.3. The number of aromatic hydroxyl groups is 1. The number of nitrogens with one attached hydrogen (secondary N) is 1. The van der Waals surface area contributed by atoms with E-state index < -0.39 is 0 Å². The topological polar surface area (TPSA) is 45.1 Å². The zero-order chi connectivity index (χ0) is 16.1. The van der Waals surface area contributed by atoms with E-state index in [1.165, 1.54) is 0 Å². The molecular formula is C20H20N2O. The van der Waals surface area contributed by atoms with Gasteiger partial charge in [0.05, 0.1) is 0 Å². The van der Waals surface area contributed by atoms with Crippen molar-refractivity contribution in [3.8, 4) is 16.9 Å². The zero-order valence-electron chi connectivity index (χ0n) is 13.1. The van der Waals surface area contributed by atoms with Gasteiger partial charge >= 0.3 is 0 Å². The van der Waals surface area contributed by atoms with Gasteiger partial charge in [0, 0.05) is 30.5 Å². The molecule has 0 spiro atoms. The first-order valence-corrected chi connectivity index (χ1v) is 7.74. The number of rotatable bonds is 5. The molecule has 0 fully saturated rings. The first-order chi connectivity index (χ1) is 11.2. The molecule has 1 atom stereocenters. The normalized spacial score (nSPS) is 12.0. The number of phenolic OH excluding ortho intramolecular Hbond substituents is 1. The molecule has 0 aliphatic carbocycles. The highest BCUT2D eigenvalue weighted by atomic mass is 16.3. The zero-order valence-corrected chi connectivity index (χ0v) is 13.1. The van der Waals surface area contributed by atoms with Crippen LogP contribution in [0.3, 0.4) is 0 Å². The molecule has 2 aromatic carbocycles. The van der Waals surface area contributed by atoms with Gasteiger partial charge in [-0.3, -0.25) is 4.98 Å². The Labute approximate surface area is 136 Å². The largest absolute Gasteiger partial charge is 0.508 e. The van der Waals surface area contributed by atoms with Crippen LogP contribution < -0.4 is 5.32 Å². The molecule has 3 rings (SSSR count). The molecule has 0 saturated carbocycles. The van der Waals surface area contributed by atoms with Crippen LogP contribution >= 0.6 is 0 Å². The van der Waals surface area contributed by atoms with E-state index in [4.69, 9.17) is 0 Å². The first-order valence-electron chi connectivity index (χ1n) is 7.74. The summed E-state index contributed by atoms with van der Waals surface area (Å²) in [4.78, 5) is 4.14. The van der Waals surface area contributed by atoms with Gasteiger partial charge in [-0.25, -0.2) is 0 Å². The van der Waals surface area contributed by atoms with E-state index in [9.17, 15) is 5.11 Å². The van der Waals surface area contributed by atoms with E-state index in [1.54, 1.807) is 12.3 Å². The molecule has 0 aliphatic rings. The second kappa shape index (κ2) is 7.07. The molecule has 1 unspecified atom stereocenters. The number of pyridine rings is 1. The van der Waals surface area contributed by atoms with Crippen LogP contribution in [-0.4, -0.2) is 10.1 Å². The van der Waals surface area contributed by atoms with Gasteiger partial charge in [-0.1, -0.05) is 42.5 Å². The summed E-state index contributed by atoms with van der Waals surface area (Å²) in [5.41, 5.74) is 4.27. The SMILES string of the molecule is CC(NCc1cc(-c2ccccc2)ccc1O)c1cccnc1. The fraction of sp³-hybridized carbons (Fsp3) is 0.150. The van der Waals surface area contributed by atoms with Gasteiger partial charge in [-0.15, -0.1) is 0 Å². The lowest BCUT2D eigenvalue weighted by Crippen LogP contribution is -2.18. The third-order valence-corrected chi connectivity index (χ3v) is 3.97. The molecule has 2 N–H and O–H groups in total. The smallest absolute Gasteiger partial charge is 0.120 e. The Balaban J connectivity index is 1.75. The van der Waals surface area contributed by atoms with Crippen LogP contribution in [0, 0.1) is 0 Å². The predicted octanol–water partition coefficient (Wildman–Crippen LogP) is 4.31. The Bertz CT molecular complexity index is 757. The summed E-state index contributed by atoms with van der Waals surface area (Å²) in [6.45, 7) is 2.69. The van der Waals surface area contributed by atoms with E-state index in [-0.39, 0.29) is 6.04 Å². The van der Waals surface area contributed by atoms with Crippen molar-refractivity contribution in [1.82, 2.24) is 10.3 Å². The van der Waals surface area contributed by atoms with Crippen molar-refractivity contribution >= 4 is 0 Å². The molecule has 3 aromatic rings. The van der Waals surface area contributed by atoms with E-state index in [0.717, 1.165) is 22.3 Å². The summed E-state index contributed by atoms with van der Waals surface area (Å²) in [5, 5.41) is 13.5. The van der Waals surface area contributed by atoms with Gasteiger partial charge in [0.15, 0.2) is 0 Å². The number of nitrogens with zero attached hydrogens (tertiary/aromatic N) is 1. The van der Waals surface area contributed by atoms with Crippen LogP contribution in [0.2, 0.25) is 0 Å². The number of phenols is 1. The van der Waals surface area contributed by atoms with Crippen LogP contribution in [0.5, 0.6) is 5.75 Å². The van der Waals surface area contributed by atoms with Crippen LogP contribution in [0.1, 0.15) is 24.1 Å². The van der Waals surface area contributed by atoms with E-state index in [1.807, 2.05) is 48.7 Å². The molecule has 0 amide bonds. The molecule has 116 valence electrons. The van der Waals surface area contributed by atoms with Crippen LogP contribution in [0.15, 0.2) is 73.1 Å². The summed E-state index contributed by atoms with van der Waals surface area (Å²) < 4.78 is 0. The van der Waals surface area contributed by atoms with Crippen molar-refractivity contribution in [2.24, 2.45) is 0 Å². The fourth-order valence-corrected chi connectivity index (χ4v) is 2.55. The van der Waals surface area contributed by atoms with Gasteiger partial charge in [0.1, 0.15) is 5.75 Å². The number of hydrogen-bond acceptors (Lipinski definition) is 3. The van der Waals surface area contributed by atoms with Crippen molar-refractivity contribution in [2.75, 3.05) is 0 Å². The van der Waals surface area contributed by atoms with Gasteiger partial charge in [0.2, 0.25) is 0 Å². The Morgan fingerprint density at radius 3 is 2.57 bits per heavy atom. The molecule has 1 heterocycles. The highest BCUT2D eigenvalue weighted by molar-refractivity contribution is 5.65. The minimum atomic E-state index is 0.170. The molecule has 0 radical (unpaired) electrons. The Morgan fingerprint density at radius 1 is 1.00 bits per heavy atom. The summed E-state index contributed by atoms with van der Waals surface area (Å²) in [6.07, 6.45) is 3.63. The third kappa shape index (κ3) is 3.76. The van der Waals surface area contributed by atoms with Crippen molar-refractivity contribution < 1.29 is 5.11 Å². The summed E-state index contributed by atoms with van der Waals surface area (Å²) >= 11 is 0. The minimum absolute atomic E-state index is 0.170. The van der Waals surface area contributed by atoms with Crippen LogP contribution in [0.4, 0.5) is 0 Å². The Hall–Kier alpha value is -2.65. The number of benzene rings is 2. The Kier molecular flexibility index (Phi) is 4.69. The number of hydrogen-bond donors (Lipinski definition) is 2. The summed E-state index contributed by atoms with van der Waals surface area (Å²) in [6, 6.07) is 20.1. The lowest BCUT2D eigenvalue weighted by Gasteiger charge is -2.15. The van der Waals surface area contributed by atoms with Crippen LogP contribution in [-0.2, 0) is 6.54 Å². The monoisotopic (exact) mass is 304 g/mol. The summed E-state index contributed by atoms with van der Waals surface area (Å²) in [7, 11) is 0. The average molecular weight is 304 g/mol. The minimum Gasteiger partial charge on any atom is -0.508 e. The summed E-state index contributed by atoms with van der Waals surface area (Å²) in [5.74, 6) is 0.315. The number of aromatic nitrogens is 1. The van der Waals surface area contributed by atoms with Crippen LogP contribution in [0.25, 0.3) is 11.1 Å². The van der Waals surface area contributed by atoms with Crippen molar-refractivity contribution in [3.05, 3.63) is 84.2 Å². The van der Waals surface area contributed by atoms with E-state index in [2.05, 4.69) is 29.4 Å². The Morgan fingerprint density at radius 2 is 1.83 bits per heavy atom. The third-order valence-electron chi connectivity index (χ3n) is 3.97. The molecule has 3 heteroatoms.